The molecular formula is C17H28N2. The van der Waals surface area contributed by atoms with Crippen LogP contribution in [0.15, 0.2) is 24.3 Å². The van der Waals surface area contributed by atoms with Gasteiger partial charge in [-0.1, -0.05) is 52.0 Å². The van der Waals surface area contributed by atoms with Gasteiger partial charge in [-0.2, -0.15) is 0 Å². The van der Waals surface area contributed by atoms with Crippen molar-refractivity contribution in [3.63, 3.8) is 0 Å². The fourth-order valence-electron chi connectivity index (χ4n) is 2.55. The molecule has 2 nitrogen and oxygen atoms in total. The van der Waals surface area contributed by atoms with E-state index in [0.717, 1.165) is 26.2 Å². The molecule has 0 saturated heterocycles. The third-order valence-corrected chi connectivity index (χ3v) is 4.52. The van der Waals surface area contributed by atoms with Crippen LogP contribution >= 0.6 is 0 Å². The van der Waals surface area contributed by atoms with E-state index in [9.17, 15) is 0 Å². The van der Waals surface area contributed by atoms with E-state index in [1.54, 1.807) is 0 Å². The molecule has 0 aromatic heterocycles. The van der Waals surface area contributed by atoms with Crippen LogP contribution in [0, 0.1) is 11.3 Å². The molecule has 2 unspecified atom stereocenters. The number of benzene rings is 1. The van der Waals surface area contributed by atoms with Crippen molar-refractivity contribution in [2.75, 3.05) is 19.6 Å². The van der Waals surface area contributed by atoms with Gasteiger partial charge in [0.25, 0.3) is 0 Å². The summed E-state index contributed by atoms with van der Waals surface area (Å²) in [6, 6.07) is 8.83. The molecule has 106 valence electrons. The maximum atomic E-state index is 3.66. The summed E-state index contributed by atoms with van der Waals surface area (Å²) in [5.74, 6) is 1.30. The summed E-state index contributed by atoms with van der Waals surface area (Å²) in [6.07, 6.45) is 0. The Labute approximate surface area is 118 Å². The smallest absolute Gasteiger partial charge is 0.0208 e. The van der Waals surface area contributed by atoms with Crippen LogP contribution in [-0.4, -0.2) is 19.6 Å². The van der Waals surface area contributed by atoms with Crippen molar-refractivity contribution < 1.29 is 0 Å². The van der Waals surface area contributed by atoms with Gasteiger partial charge in [-0.25, -0.2) is 0 Å². The summed E-state index contributed by atoms with van der Waals surface area (Å²) in [6.45, 7) is 13.6. The zero-order chi connectivity index (χ0) is 13.9. The second-order valence-corrected chi connectivity index (χ2v) is 6.95. The van der Waals surface area contributed by atoms with Crippen molar-refractivity contribution >= 4 is 0 Å². The number of fused-ring (bicyclic) bond motifs is 1. The number of hydrogen-bond donors (Lipinski definition) is 2. The van der Waals surface area contributed by atoms with Crippen molar-refractivity contribution in [2.45, 2.75) is 40.2 Å². The van der Waals surface area contributed by atoms with Gasteiger partial charge in [0.2, 0.25) is 0 Å². The summed E-state index contributed by atoms with van der Waals surface area (Å²) in [5, 5.41) is 7.18. The summed E-state index contributed by atoms with van der Waals surface area (Å²) in [4.78, 5) is 0. The molecule has 19 heavy (non-hydrogen) atoms. The van der Waals surface area contributed by atoms with Crippen LogP contribution in [0.2, 0.25) is 0 Å². The second kappa shape index (κ2) is 6.06. The van der Waals surface area contributed by atoms with Crippen molar-refractivity contribution in [2.24, 2.45) is 11.3 Å². The monoisotopic (exact) mass is 260 g/mol. The summed E-state index contributed by atoms with van der Waals surface area (Å²) >= 11 is 0. The SMILES string of the molecule is CC(CNCC1CNCc2ccccc21)C(C)(C)C. The Morgan fingerprint density at radius 1 is 1.32 bits per heavy atom. The second-order valence-electron chi connectivity index (χ2n) is 6.95. The lowest BCUT2D eigenvalue weighted by atomic mass is 9.82. The summed E-state index contributed by atoms with van der Waals surface area (Å²) in [7, 11) is 0. The Morgan fingerprint density at radius 2 is 2.05 bits per heavy atom. The third-order valence-electron chi connectivity index (χ3n) is 4.52. The van der Waals surface area contributed by atoms with Crippen molar-refractivity contribution in [3.05, 3.63) is 35.4 Å². The average Bonchev–Trinajstić information content (AvgIpc) is 2.38. The van der Waals surface area contributed by atoms with Crippen LogP contribution in [0.5, 0.6) is 0 Å². The fraction of sp³-hybridized carbons (Fsp3) is 0.647. The zero-order valence-electron chi connectivity index (χ0n) is 12.8. The van der Waals surface area contributed by atoms with E-state index in [-0.39, 0.29) is 0 Å². The van der Waals surface area contributed by atoms with Crippen molar-refractivity contribution in [3.8, 4) is 0 Å². The van der Waals surface area contributed by atoms with E-state index in [4.69, 9.17) is 0 Å². The molecule has 0 aliphatic carbocycles. The molecular weight excluding hydrogens is 232 g/mol. The van der Waals surface area contributed by atoms with E-state index >= 15 is 0 Å². The lowest BCUT2D eigenvalue weighted by Gasteiger charge is -2.30. The van der Waals surface area contributed by atoms with Crippen LogP contribution in [0.25, 0.3) is 0 Å². The fourth-order valence-corrected chi connectivity index (χ4v) is 2.55. The maximum absolute atomic E-state index is 3.66. The van der Waals surface area contributed by atoms with Gasteiger partial charge in [0.1, 0.15) is 0 Å². The highest BCUT2D eigenvalue weighted by molar-refractivity contribution is 5.32. The first-order valence-electron chi connectivity index (χ1n) is 7.47. The molecule has 1 heterocycles. The van der Waals surface area contributed by atoms with Crippen LogP contribution in [0.3, 0.4) is 0 Å². The normalized spacial score (nSPS) is 20.9. The molecule has 1 aliphatic rings. The molecule has 1 aliphatic heterocycles. The molecule has 2 atom stereocenters. The molecule has 2 N–H and O–H groups in total. The van der Waals surface area contributed by atoms with Gasteiger partial charge in [0.15, 0.2) is 0 Å². The minimum Gasteiger partial charge on any atom is -0.316 e. The first kappa shape index (κ1) is 14.5. The Hall–Kier alpha value is -0.860. The van der Waals surface area contributed by atoms with E-state index in [1.165, 1.54) is 11.1 Å². The Kier molecular flexibility index (Phi) is 4.64. The maximum Gasteiger partial charge on any atom is 0.0208 e. The van der Waals surface area contributed by atoms with E-state index in [0.29, 0.717) is 17.3 Å². The standard InChI is InChI=1S/C17H28N2/c1-13(17(2,3)4)9-18-11-15-12-19-10-14-7-5-6-8-16(14)15/h5-8,13,15,18-19H,9-12H2,1-4H3. The highest BCUT2D eigenvalue weighted by Gasteiger charge is 2.22. The van der Waals surface area contributed by atoms with Crippen LogP contribution in [0.1, 0.15) is 44.7 Å². The van der Waals surface area contributed by atoms with Gasteiger partial charge in [-0.3, -0.25) is 0 Å². The van der Waals surface area contributed by atoms with Gasteiger partial charge >= 0.3 is 0 Å². The number of rotatable bonds is 4. The molecule has 2 heteroatoms. The molecule has 0 bridgehead atoms. The van der Waals surface area contributed by atoms with Crippen LogP contribution in [0.4, 0.5) is 0 Å². The van der Waals surface area contributed by atoms with Gasteiger partial charge in [-0.05, 0) is 29.0 Å². The van der Waals surface area contributed by atoms with E-state index in [1.807, 2.05) is 0 Å². The molecule has 1 aromatic carbocycles. The summed E-state index contributed by atoms with van der Waals surface area (Å²) in [5.41, 5.74) is 3.37. The molecule has 0 saturated carbocycles. The van der Waals surface area contributed by atoms with Crippen LogP contribution < -0.4 is 10.6 Å². The van der Waals surface area contributed by atoms with Gasteiger partial charge in [-0.15, -0.1) is 0 Å². The molecule has 1 aromatic rings. The largest absolute Gasteiger partial charge is 0.316 e. The minimum atomic E-state index is 0.385. The highest BCUT2D eigenvalue weighted by Crippen LogP contribution is 2.25. The molecule has 0 fully saturated rings. The molecule has 0 amide bonds. The van der Waals surface area contributed by atoms with Gasteiger partial charge in [0.05, 0.1) is 0 Å². The quantitative estimate of drug-likeness (QED) is 0.869. The average molecular weight is 260 g/mol. The topological polar surface area (TPSA) is 24.1 Å². The van der Waals surface area contributed by atoms with E-state index in [2.05, 4.69) is 62.6 Å². The Balaban J connectivity index is 1.88. The molecule has 2 rings (SSSR count). The highest BCUT2D eigenvalue weighted by atomic mass is 14.9. The molecule has 0 radical (unpaired) electrons. The lowest BCUT2D eigenvalue weighted by Crippen LogP contribution is -2.37. The van der Waals surface area contributed by atoms with Crippen molar-refractivity contribution in [1.29, 1.82) is 0 Å². The van der Waals surface area contributed by atoms with Crippen LogP contribution in [-0.2, 0) is 6.54 Å². The minimum absolute atomic E-state index is 0.385. The predicted octanol–water partition coefficient (Wildman–Crippen LogP) is 3.15. The predicted molar refractivity (Wildman–Crippen MR) is 82.4 cm³/mol. The number of hydrogen-bond acceptors (Lipinski definition) is 2. The van der Waals surface area contributed by atoms with Gasteiger partial charge < -0.3 is 10.6 Å². The van der Waals surface area contributed by atoms with Crippen molar-refractivity contribution in [1.82, 2.24) is 10.6 Å². The Bertz CT molecular complexity index is 406. The third kappa shape index (κ3) is 3.80. The lowest BCUT2D eigenvalue weighted by molar-refractivity contribution is 0.251. The van der Waals surface area contributed by atoms with E-state index < -0.39 is 0 Å². The zero-order valence-corrected chi connectivity index (χ0v) is 12.8. The number of nitrogens with one attached hydrogen (secondary N) is 2. The molecule has 0 spiro atoms. The summed E-state index contributed by atoms with van der Waals surface area (Å²) < 4.78 is 0. The Morgan fingerprint density at radius 3 is 2.79 bits per heavy atom. The first-order valence-corrected chi connectivity index (χ1v) is 7.47. The first-order chi connectivity index (χ1) is 8.98. The van der Waals surface area contributed by atoms with Gasteiger partial charge in [0, 0.05) is 25.6 Å².